The van der Waals surface area contributed by atoms with E-state index < -0.39 is 17.6 Å². The molecule has 0 bridgehead atoms. The van der Waals surface area contributed by atoms with Crippen LogP contribution in [-0.4, -0.2) is 0 Å². The Bertz CT molecular complexity index is 647. The van der Waals surface area contributed by atoms with Crippen molar-refractivity contribution in [3.8, 4) is 11.5 Å². The molecular weight excluding hydrogens is 333 g/mol. The van der Waals surface area contributed by atoms with E-state index in [4.69, 9.17) is 22.1 Å². The number of rotatable bonds is 2. The molecule has 2 N–H and O–H groups in total. The topological polar surface area (TPSA) is 35.2 Å². The minimum atomic E-state index is -4.52. The summed E-state index contributed by atoms with van der Waals surface area (Å²) in [6, 6.07) is 6.18. The zero-order valence-corrected chi connectivity index (χ0v) is 11.8. The highest BCUT2D eigenvalue weighted by Gasteiger charge is 2.31. The fourth-order valence-corrected chi connectivity index (χ4v) is 1.61. The Morgan fingerprint density at radius 1 is 1.05 bits per heavy atom. The van der Waals surface area contributed by atoms with Crippen molar-refractivity contribution in [1.29, 1.82) is 0 Å². The third kappa shape index (κ3) is 4.15. The maximum absolute atomic E-state index is 13.2. The molecule has 2 nitrogen and oxygen atoms in total. The van der Waals surface area contributed by atoms with Crippen molar-refractivity contribution in [3.63, 3.8) is 0 Å². The quantitative estimate of drug-likeness (QED) is 0.594. The number of alkyl halides is 3. The molecule has 21 heavy (non-hydrogen) atoms. The first-order chi connectivity index (χ1) is 9.27. The Morgan fingerprint density at radius 3 is 2.29 bits per heavy atom. The van der Waals surface area contributed by atoms with Gasteiger partial charge in [0.25, 0.3) is 0 Å². The van der Waals surface area contributed by atoms with Crippen LogP contribution in [0.2, 0.25) is 5.02 Å². The minimum Gasteiger partial charge on any atom is -0.456 e. The van der Waals surface area contributed by atoms with E-state index in [0.29, 0.717) is 0 Å². The zero-order valence-electron chi connectivity index (χ0n) is 10.2. The van der Waals surface area contributed by atoms with Gasteiger partial charge in [0.1, 0.15) is 17.3 Å². The maximum Gasteiger partial charge on any atom is 0.416 e. The summed E-state index contributed by atoms with van der Waals surface area (Å²) < 4.78 is 56.1. The van der Waals surface area contributed by atoms with E-state index in [1.165, 1.54) is 12.1 Å². The smallest absolute Gasteiger partial charge is 0.416 e. The molecule has 0 saturated heterocycles. The minimum absolute atomic E-state index is 0. The normalized spacial score (nSPS) is 10.9. The number of benzene rings is 2. The summed E-state index contributed by atoms with van der Waals surface area (Å²) in [5, 5.41) is -0.0183. The van der Waals surface area contributed by atoms with Gasteiger partial charge in [-0.1, -0.05) is 11.6 Å². The van der Waals surface area contributed by atoms with Crippen LogP contribution in [0.25, 0.3) is 0 Å². The number of hydrogen-bond donors (Lipinski definition) is 1. The van der Waals surface area contributed by atoms with Gasteiger partial charge in [-0.2, -0.15) is 13.2 Å². The zero-order chi connectivity index (χ0) is 14.9. The van der Waals surface area contributed by atoms with E-state index in [9.17, 15) is 17.6 Å². The van der Waals surface area contributed by atoms with Crippen molar-refractivity contribution >= 4 is 29.7 Å². The van der Waals surface area contributed by atoms with Crippen LogP contribution in [0.4, 0.5) is 23.2 Å². The molecule has 0 aliphatic heterocycles. The lowest BCUT2D eigenvalue weighted by molar-refractivity contribution is -0.137. The molecule has 114 valence electrons. The summed E-state index contributed by atoms with van der Waals surface area (Å²) in [6.07, 6.45) is -4.52. The molecule has 0 atom stereocenters. The molecule has 0 amide bonds. The number of nitrogen functional groups attached to an aromatic ring is 1. The highest BCUT2D eigenvalue weighted by molar-refractivity contribution is 6.32. The average Bonchev–Trinajstić information content (AvgIpc) is 2.35. The summed E-state index contributed by atoms with van der Waals surface area (Å²) in [5.74, 6) is -0.950. The summed E-state index contributed by atoms with van der Waals surface area (Å²) in [4.78, 5) is 0. The van der Waals surface area contributed by atoms with E-state index in [-0.39, 0.29) is 34.6 Å². The number of ether oxygens (including phenoxy) is 1. The molecule has 0 saturated carbocycles. The molecule has 0 heterocycles. The Balaban J connectivity index is 0.00000220. The van der Waals surface area contributed by atoms with Gasteiger partial charge in [-0.3, -0.25) is 0 Å². The summed E-state index contributed by atoms with van der Waals surface area (Å²) in [7, 11) is 0. The largest absolute Gasteiger partial charge is 0.456 e. The van der Waals surface area contributed by atoms with Crippen molar-refractivity contribution in [1.82, 2.24) is 0 Å². The van der Waals surface area contributed by atoms with Gasteiger partial charge in [0, 0.05) is 6.07 Å². The Labute approximate surface area is 128 Å². The lowest BCUT2D eigenvalue weighted by atomic mass is 10.2. The highest BCUT2D eigenvalue weighted by atomic mass is 35.5. The van der Waals surface area contributed by atoms with Gasteiger partial charge in [-0.15, -0.1) is 12.4 Å². The van der Waals surface area contributed by atoms with Crippen LogP contribution in [0.3, 0.4) is 0 Å². The third-order valence-corrected chi connectivity index (χ3v) is 2.77. The van der Waals surface area contributed by atoms with Crippen LogP contribution in [0.1, 0.15) is 5.56 Å². The average molecular weight is 342 g/mol. The summed E-state index contributed by atoms with van der Waals surface area (Å²) in [6.45, 7) is 0. The predicted octanol–water partition coefficient (Wildman–Crippen LogP) is 5.29. The van der Waals surface area contributed by atoms with Gasteiger partial charge < -0.3 is 10.5 Å². The molecule has 0 aromatic heterocycles. The first kappa shape index (κ1) is 17.4. The molecule has 0 aliphatic rings. The van der Waals surface area contributed by atoms with Gasteiger partial charge in [-0.05, 0) is 30.3 Å². The van der Waals surface area contributed by atoms with E-state index >= 15 is 0 Å². The van der Waals surface area contributed by atoms with Crippen LogP contribution >= 0.6 is 24.0 Å². The molecule has 2 aromatic carbocycles. The van der Waals surface area contributed by atoms with Gasteiger partial charge >= 0.3 is 6.18 Å². The first-order valence-electron chi connectivity index (χ1n) is 5.37. The summed E-state index contributed by atoms with van der Waals surface area (Å²) in [5.41, 5.74) is 4.29. The van der Waals surface area contributed by atoms with Crippen LogP contribution in [0.5, 0.6) is 11.5 Å². The standard InChI is InChI=1S/C13H8ClF4NO.ClH/c14-9-3-1-7(13(16,17)18)5-12(9)20-8-2-4-11(19)10(15)6-8;/h1-6H,19H2;1H. The van der Waals surface area contributed by atoms with Crippen LogP contribution < -0.4 is 10.5 Å². The molecule has 2 aromatic rings. The molecule has 0 radical (unpaired) electrons. The Morgan fingerprint density at radius 2 is 1.71 bits per heavy atom. The van der Waals surface area contributed by atoms with Crippen molar-refractivity contribution < 1.29 is 22.3 Å². The number of hydrogen-bond acceptors (Lipinski definition) is 2. The molecule has 0 spiro atoms. The third-order valence-electron chi connectivity index (χ3n) is 2.46. The van der Waals surface area contributed by atoms with Crippen molar-refractivity contribution in [2.24, 2.45) is 0 Å². The fourth-order valence-electron chi connectivity index (χ4n) is 1.46. The lowest BCUT2D eigenvalue weighted by Crippen LogP contribution is -2.04. The molecule has 0 aliphatic carbocycles. The van der Waals surface area contributed by atoms with Crippen molar-refractivity contribution in [3.05, 3.63) is 52.8 Å². The predicted molar refractivity (Wildman–Crippen MR) is 74.6 cm³/mol. The number of halogens is 6. The summed E-state index contributed by atoms with van der Waals surface area (Å²) >= 11 is 5.76. The maximum atomic E-state index is 13.2. The Hall–Kier alpha value is -1.66. The van der Waals surface area contributed by atoms with Crippen LogP contribution in [0.15, 0.2) is 36.4 Å². The second-order valence-electron chi connectivity index (χ2n) is 3.93. The van der Waals surface area contributed by atoms with Crippen molar-refractivity contribution in [2.75, 3.05) is 5.73 Å². The molecule has 0 unspecified atom stereocenters. The second-order valence-corrected chi connectivity index (χ2v) is 4.34. The second kappa shape index (κ2) is 6.41. The Kier molecular flexibility index (Phi) is 5.31. The van der Waals surface area contributed by atoms with E-state index in [2.05, 4.69) is 0 Å². The molecule has 2 rings (SSSR count). The highest BCUT2D eigenvalue weighted by Crippen LogP contribution is 2.37. The van der Waals surface area contributed by atoms with Gasteiger partial charge in [0.2, 0.25) is 0 Å². The van der Waals surface area contributed by atoms with Crippen molar-refractivity contribution in [2.45, 2.75) is 6.18 Å². The monoisotopic (exact) mass is 341 g/mol. The van der Waals surface area contributed by atoms with Gasteiger partial charge in [-0.25, -0.2) is 4.39 Å². The SMILES string of the molecule is Cl.Nc1ccc(Oc2cc(C(F)(F)F)ccc2Cl)cc1F. The number of anilines is 1. The molecule has 8 heteroatoms. The first-order valence-corrected chi connectivity index (χ1v) is 5.75. The van der Waals surface area contributed by atoms with Gasteiger partial charge in [0.15, 0.2) is 0 Å². The molecular formula is C13H9Cl2F4NO. The van der Waals surface area contributed by atoms with E-state index in [1.807, 2.05) is 0 Å². The van der Waals surface area contributed by atoms with Crippen LogP contribution in [0, 0.1) is 5.82 Å². The van der Waals surface area contributed by atoms with E-state index in [0.717, 1.165) is 24.3 Å². The molecule has 0 fully saturated rings. The lowest BCUT2D eigenvalue weighted by Gasteiger charge is -2.12. The fraction of sp³-hybridized carbons (Fsp3) is 0.0769. The number of nitrogens with two attached hydrogens (primary N) is 1. The van der Waals surface area contributed by atoms with E-state index in [1.54, 1.807) is 0 Å². The van der Waals surface area contributed by atoms with Crippen LogP contribution in [-0.2, 0) is 6.18 Å². The van der Waals surface area contributed by atoms with Gasteiger partial charge in [0.05, 0.1) is 16.3 Å².